The summed E-state index contributed by atoms with van der Waals surface area (Å²) in [5, 5.41) is 8.90. The average molecular weight is 1110 g/mol. The fraction of sp³-hybridized carbons (Fsp3) is 0.333. The van der Waals surface area contributed by atoms with Gasteiger partial charge in [0.1, 0.15) is 5.69 Å². The number of carboxylic acids is 1. The Labute approximate surface area is 438 Å². The van der Waals surface area contributed by atoms with Gasteiger partial charge in [-0.25, -0.2) is 41.6 Å². The number of aromatic nitrogens is 4. The summed E-state index contributed by atoms with van der Waals surface area (Å²) in [5.41, 5.74) is 21.1. The van der Waals surface area contributed by atoms with E-state index in [1.54, 1.807) is 55.4 Å². The van der Waals surface area contributed by atoms with Crippen molar-refractivity contribution in [2.24, 2.45) is 0 Å². The van der Waals surface area contributed by atoms with Crippen LogP contribution < -0.4 is 17.2 Å². The lowest BCUT2D eigenvalue weighted by Crippen LogP contribution is -2.16. The highest BCUT2D eigenvalue weighted by molar-refractivity contribution is 7.98. The third kappa shape index (κ3) is 19.1. The van der Waals surface area contributed by atoms with E-state index in [1.165, 1.54) is 60.9 Å². The van der Waals surface area contributed by atoms with E-state index in [0.717, 1.165) is 22.3 Å². The fourth-order valence-electron chi connectivity index (χ4n) is 6.67. The Bertz CT molecular complexity index is 3210. The lowest BCUT2D eigenvalue weighted by molar-refractivity contribution is 0.0690. The molecule has 75 heavy (non-hydrogen) atoms. The van der Waals surface area contributed by atoms with Gasteiger partial charge in [0.25, 0.3) is 0 Å². The SMILES string of the molecule is CC(C)OP(=O)(CS(=O)(=O)c1ccc(N)cc1)OC(C)C.Cc1ccc(-c2cnc(N)c(C(=O)Cc3ccc(S(=O)(=O)CP(=O)(OC(C)C)OC(C)C)cc3)n2)cc1.Cc1ccc(-c2cnc(N)c(C(=O)O)n2)cc1. The first-order chi connectivity index (χ1) is 34.9. The predicted octanol–water partition coefficient (Wildman–Crippen LogP) is 10.0. The number of Topliss-reactive ketones (excluding diaryl/α,β-unsaturated/α-hetero) is 1. The van der Waals surface area contributed by atoms with Gasteiger partial charge in [-0.1, -0.05) is 71.8 Å². The summed E-state index contributed by atoms with van der Waals surface area (Å²) >= 11 is 0. The van der Waals surface area contributed by atoms with Crippen LogP contribution in [0.5, 0.6) is 0 Å². The molecule has 0 aliphatic carbocycles. The van der Waals surface area contributed by atoms with Gasteiger partial charge >= 0.3 is 21.2 Å². The summed E-state index contributed by atoms with van der Waals surface area (Å²) in [6.45, 7) is 17.3. The zero-order valence-corrected chi connectivity index (χ0v) is 46.8. The van der Waals surface area contributed by atoms with Crippen LogP contribution in [0.3, 0.4) is 0 Å². The van der Waals surface area contributed by atoms with Crippen LogP contribution >= 0.6 is 15.2 Å². The number of carboxylic acid groups (broad SMARTS) is 1. The average Bonchev–Trinajstić information content (AvgIpc) is 3.29. The second-order valence-electron chi connectivity index (χ2n) is 18.2. The lowest BCUT2D eigenvalue weighted by Gasteiger charge is -2.22. The van der Waals surface area contributed by atoms with Gasteiger partial charge in [0, 0.05) is 23.2 Å². The van der Waals surface area contributed by atoms with E-state index >= 15 is 0 Å². The van der Waals surface area contributed by atoms with Crippen LogP contribution in [0.25, 0.3) is 22.5 Å². The maximum Gasteiger partial charge on any atom is 0.358 e. The molecule has 0 saturated carbocycles. The smallest absolute Gasteiger partial charge is 0.358 e. The van der Waals surface area contributed by atoms with Crippen molar-refractivity contribution in [2.45, 2.75) is 110 Å². The molecule has 0 amide bonds. The molecule has 6 rings (SSSR count). The zero-order chi connectivity index (χ0) is 56.1. The number of anilines is 3. The second kappa shape index (κ2) is 26.5. The topological polar surface area (TPSA) is 323 Å². The molecule has 404 valence electrons. The molecule has 4 aromatic carbocycles. The van der Waals surface area contributed by atoms with Crippen LogP contribution in [0.1, 0.15) is 93.1 Å². The number of aryl methyl sites for hydroxylation is 2. The van der Waals surface area contributed by atoms with Gasteiger partial charge in [0.2, 0.25) is 0 Å². The molecule has 6 aromatic rings. The normalized spacial score (nSPS) is 12.0. The van der Waals surface area contributed by atoms with Crippen LogP contribution in [0, 0.1) is 13.8 Å². The van der Waals surface area contributed by atoms with Crippen molar-refractivity contribution < 1.29 is 58.8 Å². The first-order valence-electron chi connectivity index (χ1n) is 23.4. The number of carbonyl (C=O) groups excluding carboxylic acids is 1. The predicted molar refractivity (Wildman–Crippen MR) is 290 cm³/mol. The number of benzene rings is 4. The molecule has 0 bridgehead atoms. The maximum atomic E-state index is 13.1. The lowest BCUT2D eigenvalue weighted by atomic mass is 10.1. The van der Waals surface area contributed by atoms with Crippen LogP contribution in [-0.2, 0) is 53.3 Å². The van der Waals surface area contributed by atoms with Crippen molar-refractivity contribution >= 4 is 63.9 Å². The highest BCUT2D eigenvalue weighted by atomic mass is 32.2. The Morgan fingerprint density at radius 1 is 0.533 bits per heavy atom. The van der Waals surface area contributed by atoms with E-state index in [1.807, 2.05) is 62.4 Å². The van der Waals surface area contributed by atoms with E-state index in [0.29, 0.717) is 22.6 Å². The monoisotopic (exact) mass is 1110 g/mol. The maximum absolute atomic E-state index is 13.1. The van der Waals surface area contributed by atoms with Gasteiger partial charge in [-0.2, -0.15) is 0 Å². The molecule has 0 aliphatic heterocycles. The van der Waals surface area contributed by atoms with E-state index < -0.39 is 76.2 Å². The summed E-state index contributed by atoms with van der Waals surface area (Å²) in [4.78, 5) is 40.2. The molecule has 0 atom stereocenters. The molecule has 0 fully saturated rings. The van der Waals surface area contributed by atoms with E-state index in [2.05, 4.69) is 19.9 Å². The van der Waals surface area contributed by atoms with E-state index in [-0.39, 0.29) is 45.0 Å². The number of nitrogen functional groups attached to an aromatic ring is 3. The van der Waals surface area contributed by atoms with Gasteiger partial charge in [-0.15, -0.1) is 0 Å². The molecular formula is C51H65N7O13P2S2. The summed E-state index contributed by atoms with van der Waals surface area (Å²) in [6.07, 6.45) is 1.16. The molecule has 7 N–H and O–H groups in total. The van der Waals surface area contributed by atoms with Crippen molar-refractivity contribution in [3.8, 4) is 22.5 Å². The molecule has 0 unspecified atom stereocenters. The van der Waals surface area contributed by atoms with Crippen LogP contribution in [0.4, 0.5) is 17.3 Å². The fourth-order valence-corrected chi connectivity index (χ4v) is 15.9. The molecular weight excluding hydrogens is 1040 g/mol. The summed E-state index contributed by atoms with van der Waals surface area (Å²) in [7, 11) is -15.4. The minimum atomic E-state index is -3.99. The second-order valence-corrected chi connectivity index (χ2v) is 26.9. The van der Waals surface area contributed by atoms with Gasteiger partial charge in [-0.05, 0) is 111 Å². The number of carbonyl (C=O) groups is 2. The minimum absolute atomic E-state index is 0.0196. The van der Waals surface area contributed by atoms with E-state index in [9.17, 15) is 35.6 Å². The molecule has 0 spiro atoms. The van der Waals surface area contributed by atoms with Crippen LogP contribution in [0.2, 0.25) is 0 Å². The number of rotatable bonds is 20. The number of aromatic carboxylic acids is 1. The summed E-state index contributed by atoms with van der Waals surface area (Å²) < 4.78 is 97.6. The highest BCUT2D eigenvalue weighted by Gasteiger charge is 2.36. The zero-order valence-electron chi connectivity index (χ0n) is 43.4. The first-order valence-corrected chi connectivity index (χ1v) is 30.1. The number of sulfone groups is 2. The molecule has 2 heterocycles. The van der Waals surface area contributed by atoms with Crippen molar-refractivity contribution in [3.05, 3.63) is 138 Å². The van der Waals surface area contributed by atoms with Crippen LogP contribution in [0.15, 0.2) is 119 Å². The van der Waals surface area contributed by atoms with Gasteiger partial charge in [-0.3, -0.25) is 13.9 Å². The molecule has 0 aliphatic rings. The Morgan fingerprint density at radius 2 is 0.867 bits per heavy atom. The Morgan fingerprint density at radius 3 is 1.21 bits per heavy atom. The summed E-state index contributed by atoms with van der Waals surface area (Å²) in [5.74, 6) is -1.59. The minimum Gasteiger partial charge on any atom is -0.476 e. The van der Waals surface area contributed by atoms with Crippen molar-refractivity contribution in [1.29, 1.82) is 0 Å². The standard InChI is InChI=1S/C26H32N3O6PS.C13H22NO5PS.C12H11N3O2/c1-17(2)34-36(31,35-18(3)4)16-37(32,33)22-12-8-20(9-13-22)14-24(30)25-26(27)28-15-23(29-25)21-10-6-19(5)7-11-21;1-10(2)18-20(15,19-11(3)4)9-21(16,17)13-7-5-12(14)6-8-13;1-7-2-4-8(5-3-7)9-6-14-11(13)10(15-9)12(16)17/h6-13,15,17-18H,14,16H2,1-5H3,(H2,27,28);5-8,10-11H,9,14H2,1-4H3;2-6H,1H3,(H2,13,14)(H,16,17). The third-order valence-electron chi connectivity index (χ3n) is 9.79. The first kappa shape index (κ1) is 61.3. The molecule has 0 saturated heterocycles. The molecule has 0 radical (unpaired) electrons. The Balaban J connectivity index is 0.000000269. The number of nitrogens with two attached hydrogens (primary N) is 3. The van der Waals surface area contributed by atoms with Crippen LogP contribution in [-0.4, -0.2) is 89.0 Å². The largest absolute Gasteiger partial charge is 0.476 e. The van der Waals surface area contributed by atoms with Gasteiger partial charge < -0.3 is 40.4 Å². The number of hydrogen-bond donors (Lipinski definition) is 4. The quantitative estimate of drug-likeness (QED) is 0.0314. The van der Waals surface area contributed by atoms with E-state index in [4.69, 9.17) is 40.4 Å². The van der Waals surface area contributed by atoms with Crippen molar-refractivity contribution in [1.82, 2.24) is 19.9 Å². The molecule has 24 heteroatoms. The van der Waals surface area contributed by atoms with Crippen molar-refractivity contribution in [3.63, 3.8) is 0 Å². The number of ketones is 1. The molecule has 20 nitrogen and oxygen atoms in total. The Hall–Kier alpha value is -6.22. The number of nitrogens with zero attached hydrogens (tertiary/aromatic N) is 4. The number of hydrogen-bond acceptors (Lipinski definition) is 19. The highest BCUT2D eigenvalue weighted by Crippen LogP contribution is 2.53. The van der Waals surface area contributed by atoms with Gasteiger partial charge in [0.15, 0.2) is 53.8 Å². The molecule has 2 aromatic heterocycles. The van der Waals surface area contributed by atoms with Gasteiger partial charge in [0.05, 0.1) is 58.0 Å². The third-order valence-corrected chi connectivity index (χ3v) is 20.0. The summed E-state index contributed by atoms with van der Waals surface area (Å²) in [6, 6.07) is 26.7. The Kier molecular flexibility index (Phi) is 21.7. The van der Waals surface area contributed by atoms with Crippen molar-refractivity contribution in [2.75, 3.05) is 28.2 Å².